The Bertz CT molecular complexity index is 761. The predicted molar refractivity (Wildman–Crippen MR) is 92.0 cm³/mol. The Morgan fingerprint density at radius 1 is 1.50 bits per heavy atom. The molecule has 0 radical (unpaired) electrons. The van der Waals surface area contributed by atoms with Gasteiger partial charge in [-0.05, 0) is 24.6 Å². The normalized spacial score (nSPS) is 14.5. The quantitative estimate of drug-likeness (QED) is 0.821. The molecule has 3 rings (SSSR count). The molecule has 22 heavy (non-hydrogen) atoms. The van der Waals surface area contributed by atoms with Crippen molar-refractivity contribution in [2.24, 2.45) is 0 Å². The smallest absolute Gasteiger partial charge is 0.282 e. The average Bonchev–Trinajstić information content (AvgIpc) is 3.25. The van der Waals surface area contributed by atoms with Crippen LogP contribution in [0.25, 0.3) is 6.08 Å². The fourth-order valence-electron chi connectivity index (χ4n) is 2.05. The van der Waals surface area contributed by atoms with E-state index in [2.05, 4.69) is 11.2 Å². The van der Waals surface area contributed by atoms with E-state index < -0.39 is 0 Å². The van der Waals surface area contributed by atoms with Gasteiger partial charge in [-0.3, -0.25) is 4.79 Å². The lowest BCUT2D eigenvalue weighted by Gasteiger charge is -2.02. The monoisotopic (exact) mass is 352 g/mol. The van der Waals surface area contributed by atoms with Crippen LogP contribution in [0.3, 0.4) is 0 Å². The largest absolute Gasteiger partial charge is 0.493 e. The first kappa shape index (κ1) is 15.4. The highest BCUT2D eigenvalue weighted by atomic mass is 35.5. The van der Waals surface area contributed by atoms with Crippen LogP contribution in [-0.4, -0.2) is 28.6 Å². The summed E-state index contributed by atoms with van der Waals surface area (Å²) in [7, 11) is 1.49. The number of aromatic nitrogens is 2. The Labute approximate surface area is 141 Å². The van der Waals surface area contributed by atoms with Gasteiger partial charge in [-0.1, -0.05) is 17.7 Å². The molecule has 0 atom stereocenters. The lowest BCUT2D eigenvalue weighted by atomic mass is 10.3. The molecule has 3 heterocycles. The summed E-state index contributed by atoms with van der Waals surface area (Å²) in [5.41, 5.74) is 1.16. The molecule has 0 amide bonds. The summed E-state index contributed by atoms with van der Waals surface area (Å²) in [5, 5.41) is 5.96. The number of methoxy groups -OCH3 is 1. The maximum atomic E-state index is 12.4. The number of thioether (sulfide) groups is 1. The Kier molecular flexibility index (Phi) is 4.71. The van der Waals surface area contributed by atoms with Gasteiger partial charge < -0.3 is 4.74 Å². The fourth-order valence-corrected chi connectivity index (χ4v) is 3.96. The molecular weight excluding hydrogens is 340 g/mol. The second-order valence-corrected chi connectivity index (χ2v) is 7.17. The first-order valence-electron chi connectivity index (χ1n) is 6.61. The molecule has 2 aromatic heterocycles. The zero-order chi connectivity index (χ0) is 15.5. The van der Waals surface area contributed by atoms with E-state index in [1.54, 1.807) is 17.6 Å². The first-order valence-corrected chi connectivity index (χ1v) is 8.86. The van der Waals surface area contributed by atoms with Gasteiger partial charge in [-0.2, -0.15) is 5.10 Å². The molecule has 0 aliphatic carbocycles. The summed E-state index contributed by atoms with van der Waals surface area (Å²) >= 11 is 9.09. The molecule has 0 unspecified atom stereocenters. The van der Waals surface area contributed by atoms with Crippen molar-refractivity contribution in [3.8, 4) is 5.75 Å². The maximum absolute atomic E-state index is 12.4. The van der Waals surface area contributed by atoms with Gasteiger partial charge in [0.25, 0.3) is 5.91 Å². The van der Waals surface area contributed by atoms with E-state index in [0.717, 1.165) is 17.9 Å². The zero-order valence-electron chi connectivity index (χ0n) is 11.8. The molecule has 0 saturated carbocycles. The van der Waals surface area contributed by atoms with Crippen molar-refractivity contribution >= 4 is 46.7 Å². The van der Waals surface area contributed by atoms with Gasteiger partial charge in [-0.25, -0.2) is 4.68 Å². The number of allylic oxidation sites excluding steroid dienone is 2. The van der Waals surface area contributed by atoms with Crippen molar-refractivity contribution in [1.82, 2.24) is 9.78 Å². The molecule has 0 aromatic carbocycles. The minimum atomic E-state index is -0.255. The number of hydrogen-bond acceptors (Lipinski definition) is 5. The third-order valence-electron chi connectivity index (χ3n) is 3.11. The maximum Gasteiger partial charge on any atom is 0.282 e. The molecule has 0 saturated heterocycles. The van der Waals surface area contributed by atoms with Crippen LogP contribution in [0.4, 0.5) is 0 Å². The molecule has 4 nitrogen and oxygen atoms in total. The molecule has 0 fully saturated rings. The molecule has 0 spiro atoms. The van der Waals surface area contributed by atoms with Gasteiger partial charge in [0.05, 0.1) is 18.4 Å². The van der Waals surface area contributed by atoms with Crippen LogP contribution >= 0.6 is 34.7 Å². The molecule has 1 aliphatic rings. The highest BCUT2D eigenvalue weighted by Gasteiger charge is 2.19. The van der Waals surface area contributed by atoms with Crippen molar-refractivity contribution in [3.05, 3.63) is 50.3 Å². The van der Waals surface area contributed by atoms with Crippen LogP contribution in [0.2, 0.25) is 4.34 Å². The summed E-state index contributed by atoms with van der Waals surface area (Å²) in [6, 6.07) is 1.80. The van der Waals surface area contributed by atoms with Crippen LogP contribution in [0.1, 0.15) is 22.5 Å². The number of carbonyl (C=O) groups excluding carboxylic acids is 1. The Hall–Kier alpha value is -1.50. The second-order valence-electron chi connectivity index (χ2n) is 4.52. The number of ether oxygens (including phenoxy) is 1. The third-order valence-corrected chi connectivity index (χ3v) is 5.37. The van der Waals surface area contributed by atoms with E-state index in [-0.39, 0.29) is 5.91 Å². The van der Waals surface area contributed by atoms with Crippen molar-refractivity contribution in [3.63, 3.8) is 0 Å². The third kappa shape index (κ3) is 3.14. The van der Waals surface area contributed by atoms with E-state index in [1.807, 2.05) is 23.9 Å². The van der Waals surface area contributed by atoms with Gasteiger partial charge in [0.15, 0.2) is 5.75 Å². The minimum absolute atomic E-state index is 0.255. The van der Waals surface area contributed by atoms with E-state index in [4.69, 9.17) is 16.3 Å². The molecular formula is C15H13ClN2O2S2. The lowest BCUT2D eigenvalue weighted by molar-refractivity contribution is 0.0942. The summed E-state index contributed by atoms with van der Waals surface area (Å²) in [4.78, 5) is 13.7. The van der Waals surface area contributed by atoms with Crippen LogP contribution in [0, 0.1) is 0 Å². The molecule has 7 heteroatoms. The van der Waals surface area contributed by atoms with Crippen LogP contribution < -0.4 is 4.74 Å². The number of thiophene rings is 1. The number of rotatable bonds is 4. The fraction of sp³-hybridized carbons (Fsp3) is 0.200. The minimum Gasteiger partial charge on any atom is -0.493 e. The van der Waals surface area contributed by atoms with E-state index in [1.165, 1.54) is 28.0 Å². The summed E-state index contributed by atoms with van der Waals surface area (Å²) in [5.74, 6) is 1.27. The Morgan fingerprint density at radius 2 is 2.36 bits per heavy atom. The lowest BCUT2D eigenvalue weighted by Crippen LogP contribution is -2.12. The van der Waals surface area contributed by atoms with Crippen molar-refractivity contribution in [2.45, 2.75) is 6.42 Å². The number of nitrogens with zero attached hydrogens (tertiary/aromatic N) is 2. The standard InChI is InChI=1S/C15H13ClN2O2S2/c1-20-13-12(9-22-14(13)16)15(19)18-7-6-10(17-18)4-5-11-3-2-8-21-11/h3-7,9H,2,8H2,1H3/b5-4+. The van der Waals surface area contributed by atoms with Gasteiger partial charge in [0.1, 0.15) is 4.34 Å². The van der Waals surface area contributed by atoms with E-state index in [9.17, 15) is 4.79 Å². The van der Waals surface area contributed by atoms with Crippen molar-refractivity contribution in [1.29, 1.82) is 0 Å². The highest BCUT2D eigenvalue weighted by Crippen LogP contribution is 2.35. The molecule has 2 aromatic rings. The molecule has 0 N–H and O–H groups in total. The van der Waals surface area contributed by atoms with E-state index in [0.29, 0.717) is 15.6 Å². The summed E-state index contributed by atoms with van der Waals surface area (Å²) in [6.45, 7) is 0. The SMILES string of the molecule is COc1c(C(=O)n2ccc(/C=C/C3=CCCS3)n2)csc1Cl. The average molecular weight is 353 g/mol. The van der Waals surface area contributed by atoms with Gasteiger partial charge in [0, 0.05) is 22.2 Å². The zero-order valence-corrected chi connectivity index (χ0v) is 14.2. The van der Waals surface area contributed by atoms with Crippen LogP contribution in [0.5, 0.6) is 5.75 Å². The van der Waals surface area contributed by atoms with Gasteiger partial charge >= 0.3 is 0 Å². The summed E-state index contributed by atoms with van der Waals surface area (Å²) in [6.07, 6.45) is 8.88. The summed E-state index contributed by atoms with van der Waals surface area (Å²) < 4.78 is 6.94. The Morgan fingerprint density at radius 3 is 3.09 bits per heavy atom. The van der Waals surface area contributed by atoms with Crippen molar-refractivity contribution in [2.75, 3.05) is 12.9 Å². The molecule has 0 bridgehead atoms. The topological polar surface area (TPSA) is 44.1 Å². The second kappa shape index (κ2) is 6.73. The predicted octanol–water partition coefficient (Wildman–Crippen LogP) is 4.33. The van der Waals surface area contributed by atoms with Gasteiger partial charge in [0.2, 0.25) is 0 Å². The van der Waals surface area contributed by atoms with Gasteiger partial charge in [-0.15, -0.1) is 23.1 Å². The number of hydrogen-bond donors (Lipinski definition) is 0. The first-order chi connectivity index (χ1) is 10.7. The van der Waals surface area contributed by atoms with Crippen molar-refractivity contribution < 1.29 is 9.53 Å². The van der Waals surface area contributed by atoms with E-state index >= 15 is 0 Å². The van der Waals surface area contributed by atoms with Crippen LogP contribution in [-0.2, 0) is 0 Å². The number of carbonyl (C=O) groups is 1. The highest BCUT2D eigenvalue weighted by molar-refractivity contribution is 8.03. The molecule has 114 valence electrons. The number of halogens is 1. The molecule has 1 aliphatic heterocycles. The Balaban J connectivity index is 1.79. The van der Waals surface area contributed by atoms with Crippen LogP contribution in [0.15, 0.2) is 34.7 Å².